The Morgan fingerprint density at radius 1 is 0.750 bits per heavy atom. The summed E-state index contributed by atoms with van der Waals surface area (Å²) in [6.45, 7) is 2.19. The summed E-state index contributed by atoms with van der Waals surface area (Å²) in [5.41, 5.74) is 11.0. The minimum atomic E-state index is -1.77. The number of benzene rings is 4. The second-order valence-corrected chi connectivity index (χ2v) is 26.3. The molecule has 0 spiro atoms. The van der Waals surface area contributed by atoms with Crippen LogP contribution in [0.5, 0.6) is 0 Å². The number of hydrogen-bond donors (Lipinski definition) is 0. The standard InChI is InChI=1S/C32H28NO.C15H18GeN.Ir/c1-2-5-23(6-3-1)25-13-14-31-29(20-25)27-7-4-8-28(32(27)34-31)30-19-22(15-16-33-30)18-26-17-21-9-11-24(26)12-10-21;1-12-10-15(13-8-6-5-7-9-13)17-11-14(12)16(2,3)4;/h1-7,13-16,19-21,24,26H,9-12,17-18H2;5-8,10-11H,1-4H3;/q2*-1;. The molecule has 0 amide bonds. The van der Waals surface area contributed by atoms with Crippen LogP contribution in [-0.4, -0.2) is 23.2 Å². The zero-order chi connectivity index (χ0) is 35.0. The molecule has 3 nitrogen and oxygen atoms in total. The van der Waals surface area contributed by atoms with Crippen LogP contribution in [0.1, 0.15) is 43.2 Å². The molecule has 52 heavy (non-hydrogen) atoms. The summed E-state index contributed by atoms with van der Waals surface area (Å²) in [6.07, 6.45) is 12.4. The number of hydrogen-bond acceptors (Lipinski definition) is 3. The van der Waals surface area contributed by atoms with Crippen LogP contribution in [0.2, 0.25) is 17.3 Å². The molecule has 3 aliphatic rings. The van der Waals surface area contributed by atoms with Crippen LogP contribution in [0.15, 0.2) is 120 Å². The minimum Gasteiger partial charge on any atom is -0.501 e. The molecule has 0 saturated heterocycles. The summed E-state index contributed by atoms with van der Waals surface area (Å²) in [5, 5.41) is 2.26. The fourth-order valence-corrected chi connectivity index (χ4v) is 12.2. The number of nitrogens with zero attached hydrogens (tertiary/aromatic N) is 2. The largest absolute Gasteiger partial charge is 0.501 e. The van der Waals surface area contributed by atoms with E-state index in [1.807, 2.05) is 30.5 Å². The van der Waals surface area contributed by atoms with E-state index >= 15 is 0 Å². The maximum atomic E-state index is 6.39. The second kappa shape index (κ2) is 15.6. The Bertz CT molecular complexity index is 2280. The van der Waals surface area contributed by atoms with Gasteiger partial charge in [0.2, 0.25) is 0 Å². The predicted molar refractivity (Wildman–Crippen MR) is 215 cm³/mol. The van der Waals surface area contributed by atoms with Gasteiger partial charge in [-0.2, -0.15) is 0 Å². The Balaban J connectivity index is 0.000000198. The molecule has 3 aliphatic carbocycles. The van der Waals surface area contributed by atoms with Gasteiger partial charge in [0.05, 0.1) is 5.58 Å². The molecule has 5 heteroatoms. The molecule has 0 N–H and O–H groups in total. The van der Waals surface area contributed by atoms with Crippen LogP contribution in [0.4, 0.5) is 0 Å². The molecule has 1 atom stereocenters. The molecule has 3 aromatic heterocycles. The van der Waals surface area contributed by atoms with Gasteiger partial charge in [-0.1, -0.05) is 71.8 Å². The Morgan fingerprint density at radius 3 is 2.27 bits per heavy atom. The molecule has 4 aromatic carbocycles. The van der Waals surface area contributed by atoms with Crippen LogP contribution in [0, 0.1) is 36.8 Å². The predicted octanol–water partition coefficient (Wildman–Crippen LogP) is 11.9. The smallest absolute Gasteiger partial charge is 0.120 e. The third kappa shape index (κ3) is 7.76. The molecule has 7 aromatic rings. The molecule has 1 radical (unpaired) electrons. The molecule has 0 aliphatic heterocycles. The van der Waals surface area contributed by atoms with Gasteiger partial charge in [0.15, 0.2) is 0 Å². The molecular formula is C47H46GeIrN2O-2. The van der Waals surface area contributed by atoms with Crippen molar-refractivity contribution in [3.63, 3.8) is 0 Å². The Hall–Kier alpha value is -3.83. The van der Waals surface area contributed by atoms with Crippen LogP contribution < -0.4 is 4.40 Å². The van der Waals surface area contributed by atoms with E-state index in [0.717, 1.165) is 62.2 Å². The fourth-order valence-electron chi connectivity index (χ4n) is 8.59. The third-order valence-corrected chi connectivity index (χ3v) is 15.7. The van der Waals surface area contributed by atoms with Gasteiger partial charge in [0.25, 0.3) is 0 Å². The number of furan rings is 1. The van der Waals surface area contributed by atoms with Gasteiger partial charge in [-0.15, -0.1) is 18.2 Å². The molecule has 3 heterocycles. The van der Waals surface area contributed by atoms with Gasteiger partial charge in [-0.05, 0) is 78.5 Å². The number of aromatic nitrogens is 2. The average Bonchev–Trinajstić information content (AvgIpc) is 3.54. The van der Waals surface area contributed by atoms with Crippen LogP contribution in [0.25, 0.3) is 55.6 Å². The van der Waals surface area contributed by atoms with Crippen molar-refractivity contribution in [2.75, 3.05) is 0 Å². The summed E-state index contributed by atoms with van der Waals surface area (Å²) in [7, 11) is 0. The average molecular weight is 920 g/mol. The Labute approximate surface area is 325 Å². The van der Waals surface area contributed by atoms with Crippen molar-refractivity contribution in [3.8, 4) is 33.6 Å². The first-order valence-corrected chi connectivity index (χ1v) is 26.0. The maximum Gasteiger partial charge on any atom is 0.120 e. The van der Waals surface area contributed by atoms with E-state index in [9.17, 15) is 0 Å². The summed E-state index contributed by atoms with van der Waals surface area (Å²) in [6, 6.07) is 42.4. The van der Waals surface area contributed by atoms with Gasteiger partial charge in [0.1, 0.15) is 5.58 Å². The number of pyridine rings is 2. The quantitative estimate of drug-likeness (QED) is 0.123. The van der Waals surface area contributed by atoms with Gasteiger partial charge < -0.3 is 9.40 Å². The van der Waals surface area contributed by atoms with Crippen molar-refractivity contribution < 1.29 is 24.5 Å². The van der Waals surface area contributed by atoms with Gasteiger partial charge in [0, 0.05) is 31.7 Å². The van der Waals surface area contributed by atoms with Crippen molar-refractivity contribution in [1.82, 2.24) is 9.97 Å². The van der Waals surface area contributed by atoms with Crippen molar-refractivity contribution in [1.29, 1.82) is 0 Å². The molecule has 265 valence electrons. The van der Waals surface area contributed by atoms with Crippen LogP contribution >= 0.6 is 0 Å². The number of fused-ring (bicyclic) bond motifs is 6. The summed E-state index contributed by atoms with van der Waals surface area (Å²) in [5.74, 6) is 9.93. The second-order valence-electron chi connectivity index (χ2n) is 15.7. The number of rotatable bonds is 6. The van der Waals surface area contributed by atoms with E-state index < -0.39 is 13.3 Å². The molecular weight excluding hydrogens is 873 g/mol. The topological polar surface area (TPSA) is 38.9 Å². The van der Waals surface area contributed by atoms with E-state index in [4.69, 9.17) is 9.40 Å². The Kier molecular flexibility index (Phi) is 11.0. The first kappa shape index (κ1) is 36.5. The van der Waals surface area contributed by atoms with Crippen molar-refractivity contribution >= 4 is 39.6 Å². The Morgan fingerprint density at radius 2 is 1.56 bits per heavy atom. The van der Waals surface area contributed by atoms with Gasteiger partial charge in [-0.25, -0.2) is 0 Å². The van der Waals surface area contributed by atoms with E-state index in [0.29, 0.717) is 0 Å². The summed E-state index contributed by atoms with van der Waals surface area (Å²) >= 11 is -1.77. The zero-order valence-corrected chi connectivity index (χ0v) is 35.1. The monoisotopic (exact) mass is 921 g/mol. The zero-order valence-electron chi connectivity index (χ0n) is 30.6. The maximum absolute atomic E-state index is 6.39. The third-order valence-electron chi connectivity index (χ3n) is 11.2. The SMILES string of the molecule is Cc1cc(-c2[c-]cccc2)nc[c]1[Ge]([CH3])([CH3])[CH3].[Ir].[c-]1ccc2c(oc3ccc(-c4ccccc4)cc32)c1-c1cc(CC2CC3CCC2CC3)ccn1. The normalized spacial score (nSPS) is 18.1. The first-order chi connectivity index (χ1) is 24.8. The molecule has 2 bridgehead atoms. The molecule has 3 saturated carbocycles. The molecule has 1 unspecified atom stereocenters. The minimum absolute atomic E-state index is 0. The van der Waals surface area contributed by atoms with Crippen LogP contribution in [-0.2, 0) is 26.5 Å². The fraction of sp³-hybridized carbons (Fsp3) is 0.277. The number of aryl methyl sites for hydroxylation is 1. The first-order valence-electron chi connectivity index (χ1n) is 18.6. The van der Waals surface area contributed by atoms with Crippen LogP contribution in [0.3, 0.4) is 0 Å². The van der Waals surface area contributed by atoms with Gasteiger partial charge in [-0.3, -0.25) is 0 Å². The van der Waals surface area contributed by atoms with E-state index in [-0.39, 0.29) is 20.1 Å². The van der Waals surface area contributed by atoms with E-state index in [1.54, 1.807) is 0 Å². The summed E-state index contributed by atoms with van der Waals surface area (Å²) in [4.78, 5) is 9.34. The van der Waals surface area contributed by atoms with Gasteiger partial charge >= 0.3 is 106 Å². The summed E-state index contributed by atoms with van der Waals surface area (Å²) < 4.78 is 7.88. The molecule has 3 fully saturated rings. The van der Waals surface area contributed by atoms with Crippen molar-refractivity contribution in [3.05, 3.63) is 139 Å². The van der Waals surface area contributed by atoms with Crippen molar-refractivity contribution in [2.24, 2.45) is 17.8 Å². The van der Waals surface area contributed by atoms with E-state index in [2.05, 4.69) is 126 Å². The van der Waals surface area contributed by atoms with Crippen molar-refractivity contribution in [2.45, 2.75) is 62.7 Å². The molecule has 10 rings (SSSR count). The van der Waals surface area contributed by atoms with E-state index in [1.165, 1.54) is 65.2 Å².